The molecule has 0 radical (unpaired) electrons. The van der Waals surface area contributed by atoms with Crippen LogP contribution in [-0.2, 0) is 21.2 Å². The van der Waals surface area contributed by atoms with E-state index >= 15 is 0 Å². The van der Waals surface area contributed by atoms with Crippen molar-refractivity contribution in [3.05, 3.63) is 58.7 Å². The van der Waals surface area contributed by atoms with Gasteiger partial charge in [0, 0.05) is 24.2 Å². The Bertz CT molecular complexity index is 1060. The number of anilines is 1. The largest absolute Gasteiger partial charge is 0.312 e. The highest BCUT2D eigenvalue weighted by atomic mass is 32.2. The number of aryl methyl sites for hydroxylation is 2. The van der Waals surface area contributed by atoms with Crippen LogP contribution >= 0.6 is 0 Å². The molecule has 0 unspecified atom stereocenters. The van der Waals surface area contributed by atoms with E-state index in [1.165, 1.54) is 5.56 Å². The Morgan fingerprint density at radius 1 is 1.14 bits per heavy atom. The van der Waals surface area contributed by atoms with Gasteiger partial charge >= 0.3 is 0 Å². The van der Waals surface area contributed by atoms with Crippen molar-refractivity contribution in [2.45, 2.75) is 57.4 Å². The number of nitrogens with one attached hydrogen (secondary N) is 1. The first-order chi connectivity index (χ1) is 13.8. The summed E-state index contributed by atoms with van der Waals surface area (Å²) in [7, 11) is -3.66. The van der Waals surface area contributed by atoms with Crippen LogP contribution in [0, 0.1) is 19.8 Å². The van der Waals surface area contributed by atoms with E-state index in [0.717, 1.165) is 35.2 Å². The average Bonchev–Trinajstić information content (AvgIpc) is 3.46. The molecule has 1 heterocycles. The van der Waals surface area contributed by atoms with Gasteiger partial charge in [-0.1, -0.05) is 25.1 Å². The number of hydrogen-bond acceptors (Lipinski definition) is 3. The summed E-state index contributed by atoms with van der Waals surface area (Å²) in [6, 6.07) is 10.9. The number of sulfonamides is 1. The fourth-order valence-electron chi connectivity index (χ4n) is 3.95. The molecule has 29 heavy (non-hydrogen) atoms. The number of amides is 1. The van der Waals surface area contributed by atoms with Gasteiger partial charge < -0.3 is 4.90 Å². The van der Waals surface area contributed by atoms with Crippen LogP contribution in [-0.4, -0.2) is 20.9 Å². The van der Waals surface area contributed by atoms with E-state index in [1.54, 1.807) is 18.2 Å². The van der Waals surface area contributed by atoms with Gasteiger partial charge in [-0.05, 0) is 80.0 Å². The summed E-state index contributed by atoms with van der Waals surface area (Å²) in [6.45, 7) is 6.70. The first kappa shape index (κ1) is 20.1. The zero-order valence-corrected chi connectivity index (χ0v) is 18.1. The highest BCUT2D eigenvalue weighted by Crippen LogP contribution is 2.37. The molecular formula is C23H28N2O3S. The smallest absolute Gasteiger partial charge is 0.241 e. The molecule has 2 aromatic carbocycles. The van der Waals surface area contributed by atoms with Crippen molar-refractivity contribution in [2.75, 3.05) is 11.4 Å². The molecule has 0 aromatic heterocycles. The van der Waals surface area contributed by atoms with Gasteiger partial charge in [-0.15, -0.1) is 0 Å². The number of carbonyl (C=O) groups is 1. The second kappa shape index (κ2) is 7.58. The molecule has 1 atom stereocenters. The minimum absolute atomic E-state index is 0.161. The van der Waals surface area contributed by atoms with Crippen molar-refractivity contribution in [1.29, 1.82) is 0 Å². The Labute approximate surface area is 173 Å². The van der Waals surface area contributed by atoms with E-state index in [-0.39, 0.29) is 22.8 Å². The second-order valence-corrected chi connectivity index (χ2v) is 9.94. The van der Waals surface area contributed by atoms with Gasteiger partial charge in [-0.25, -0.2) is 13.1 Å². The first-order valence-electron chi connectivity index (χ1n) is 10.3. The summed E-state index contributed by atoms with van der Waals surface area (Å²) in [5.41, 5.74) is 5.11. The third kappa shape index (κ3) is 3.96. The highest BCUT2D eigenvalue weighted by molar-refractivity contribution is 7.89. The third-order valence-electron chi connectivity index (χ3n) is 6.09. The van der Waals surface area contributed by atoms with E-state index in [4.69, 9.17) is 0 Å². The standard InChI is InChI=1S/C23H28N2O3S/c1-4-21(18-6-5-15(2)16(3)13-18)24-29(27,28)20-9-10-22-19(14-20)11-12-25(22)23(26)17-7-8-17/h5-6,9-10,13-14,17,21,24H,4,7-8,11-12H2,1-3H3/t21-/m1/s1. The molecule has 1 fully saturated rings. The summed E-state index contributed by atoms with van der Waals surface area (Å²) >= 11 is 0. The number of rotatable bonds is 6. The Morgan fingerprint density at radius 3 is 2.55 bits per heavy atom. The SMILES string of the molecule is CC[C@@H](NS(=O)(=O)c1ccc2c(c1)CCN2C(=O)C1CC1)c1ccc(C)c(C)c1. The van der Waals surface area contributed by atoms with E-state index in [9.17, 15) is 13.2 Å². The zero-order chi connectivity index (χ0) is 20.8. The Morgan fingerprint density at radius 2 is 1.90 bits per heavy atom. The number of hydrogen-bond donors (Lipinski definition) is 1. The van der Waals surface area contributed by atoms with Crippen molar-refractivity contribution >= 4 is 21.6 Å². The van der Waals surface area contributed by atoms with E-state index in [1.807, 2.05) is 37.8 Å². The number of nitrogens with zero attached hydrogens (tertiary/aromatic N) is 1. The number of carbonyl (C=O) groups excluding carboxylic acids is 1. The number of fused-ring (bicyclic) bond motifs is 1. The van der Waals surface area contributed by atoms with Gasteiger partial charge in [0.15, 0.2) is 0 Å². The average molecular weight is 413 g/mol. The van der Waals surface area contributed by atoms with Crippen LogP contribution in [0.2, 0.25) is 0 Å². The predicted molar refractivity (Wildman–Crippen MR) is 114 cm³/mol. The van der Waals surface area contributed by atoms with E-state index < -0.39 is 10.0 Å². The van der Waals surface area contributed by atoms with Gasteiger partial charge in [0.1, 0.15) is 0 Å². The maximum absolute atomic E-state index is 13.1. The monoisotopic (exact) mass is 412 g/mol. The van der Waals surface area contributed by atoms with Crippen molar-refractivity contribution in [3.63, 3.8) is 0 Å². The lowest BCUT2D eigenvalue weighted by Gasteiger charge is -2.20. The lowest BCUT2D eigenvalue weighted by molar-refractivity contribution is -0.119. The molecule has 1 saturated carbocycles. The fourth-order valence-corrected chi connectivity index (χ4v) is 5.31. The molecule has 0 saturated heterocycles. The Balaban J connectivity index is 1.57. The Kier molecular flexibility index (Phi) is 5.25. The van der Waals surface area contributed by atoms with Gasteiger partial charge in [-0.3, -0.25) is 4.79 Å². The lowest BCUT2D eigenvalue weighted by atomic mass is 10.0. The van der Waals surface area contributed by atoms with Crippen LogP contribution in [0.3, 0.4) is 0 Å². The van der Waals surface area contributed by atoms with Gasteiger partial charge in [0.2, 0.25) is 15.9 Å². The minimum Gasteiger partial charge on any atom is -0.312 e. The summed E-state index contributed by atoms with van der Waals surface area (Å²) in [4.78, 5) is 14.5. The maximum atomic E-state index is 13.1. The van der Waals surface area contributed by atoms with Crippen molar-refractivity contribution in [3.8, 4) is 0 Å². The van der Waals surface area contributed by atoms with Crippen LogP contribution in [0.15, 0.2) is 41.3 Å². The second-order valence-electron chi connectivity index (χ2n) is 8.23. The van der Waals surface area contributed by atoms with Crippen LogP contribution in [0.5, 0.6) is 0 Å². The molecule has 0 bridgehead atoms. The van der Waals surface area contributed by atoms with Gasteiger partial charge in [0.25, 0.3) is 0 Å². The normalized spacial score (nSPS) is 17.3. The Hall–Kier alpha value is -2.18. The number of benzene rings is 2. The zero-order valence-electron chi connectivity index (χ0n) is 17.2. The first-order valence-corrected chi connectivity index (χ1v) is 11.8. The predicted octanol–water partition coefficient (Wildman–Crippen LogP) is 4.03. The molecule has 5 nitrogen and oxygen atoms in total. The molecule has 154 valence electrons. The van der Waals surface area contributed by atoms with Gasteiger partial charge in [-0.2, -0.15) is 0 Å². The molecule has 1 aliphatic carbocycles. The molecule has 2 aromatic rings. The molecule has 6 heteroatoms. The van der Waals surface area contributed by atoms with Crippen LogP contribution < -0.4 is 9.62 Å². The van der Waals surface area contributed by atoms with E-state index in [0.29, 0.717) is 19.4 Å². The van der Waals surface area contributed by atoms with Crippen molar-refractivity contribution in [1.82, 2.24) is 4.72 Å². The fraction of sp³-hybridized carbons (Fsp3) is 0.435. The summed E-state index contributed by atoms with van der Waals surface area (Å²) in [5.74, 6) is 0.340. The van der Waals surface area contributed by atoms with Gasteiger partial charge in [0.05, 0.1) is 4.90 Å². The molecule has 1 N–H and O–H groups in total. The molecular weight excluding hydrogens is 384 g/mol. The van der Waals surface area contributed by atoms with E-state index in [2.05, 4.69) is 10.8 Å². The topological polar surface area (TPSA) is 66.5 Å². The minimum atomic E-state index is -3.66. The van der Waals surface area contributed by atoms with Crippen molar-refractivity contribution in [2.24, 2.45) is 5.92 Å². The molecule has 4 rings (SSSR count). The summed E-state index contributed by atoms with van der Waals surface area (Å²) in [5, 5.41) is 0. The molecule has 1 amide bonds. The molecule has 2 aliphatic rings. The molecule has 1 aliphatic heterocycles. The quantitative estimate of drug-likeness (QED) is 0.779. The van der Waals surface area contributed by atoms with Crippen molar-refractivity contribution < 1.29 is 13.2 Å². The molecule has 0 spiro atoms. The summed E-state index contributed by atoms with van der Waals surface area (Å²) < 4.78 is 29.0. The maximum Gasteiger partial charge on any atom is 0.241 e. The highest BCUT2D eigenvalue weighted by Gasteiger charge is 2.36. The summed E-state index contributed by atoms with van der Waals surface area (Å²) in [6.07, 6.45) is 3.30. The lowest BCUT2D eigenvalue weighted by Crippen LogP contribution is -2.30. The van der Waals surface area contributed by atoms with Crippen LogP contribution in [0.25, 0.3) is 0 Å². The third-order valence-corrected chi connectivity index (χ3v) is 7.56. The van der Waals surface area contributed by atoms with Crippen LogP contribution in [0.1, 0.15) is 54.5 Å². The van der Waals surface area contributed by atoms with Crippen LogP contribution in [0.4, 0.5) is 5.69 Å².